The molecule has 100 valence electrons. The summed E-state index contributed by atoms with van der Waals surface area (Å²) in [6.07, 6.45) is 4.15. The maximum absolute atomic E-state index is 5.56. The molecule has 4 heteroatoms. The second-order valence-corrected chi connectivity index (χ2v) is 5.18. The summed E-state index contributed by atoms with van der Waals surface area (Å²) in [5.74, 6) is 0.605. The Kier molecular flexibility index (Phi) is 5.22. The molecule has 1 heterocycles. The molecule has 2 rings (SSSR count). The molecular weight excluding hydrogens is 216 g/mol. The van der Waals surface area contributed by atoms with E-state index in [4.69, 9.17) is 9.47 Å². The lowest BCUT2D eigenvalue weighted by Gasteiger charge is -2.24. The summed E-state index contributed by atoms with van der Waals surface area (Å²) in [5.41, 5.74) is 0. The summed E-state index contributed by atoms with van der Waals surface area (Å²) >= 11 is 0. The van der Waals surface area contributed by atoms with Crippen LogP contribution in [0, 0.1) is 5.92 Å². The van der Waals surface area contributed by atoms with Crippen molar-refractivity contribution < 1.29 is 9.47 Å². The second kappa shape index (κ2) is 6.69. The van der Waals surface area contributed by atoms with Crippen molar-refractivity contribution in [1.82, 2.24) is 10.6 Å². The quantitative estimate of drug-likeness (QED) is 0.722. The van der Waals surface area contributed by atoms with Gasteiger partial charge >= 0.3 is 0 Å². The lowest BCUT2D eigenvalue weighted by atomic mass is 10.0. The fourth-order valence-corrected chi connectivity index (χ4v) is 3.03. The molecule has 0 amide bonds. The standard InChI is InChI=1S/C13H26N2O2/c1-3-14-12-9-17-8-10(12)7-15-11-5-4-6-13(11)16-2/h10-15H,3-9H2,1-2H3. The second-order valence-electron chi connectivity index (χ2n) is 5.18. The molecule has 0 aromatic rings. The van der Waals surface area contributed by atoms with Gasteiger partial charge in [0, 0.05) is 31.7 Å². The highest BCUT2D eigenvalue weighted by atomic mass is 16.5. The van der Waals surface area contributed by atoms with Crippen LogP contribution in [0.5, 0.6) is 0 Å². The molecule has 2 N–H and O–H groups in total. The van der Waals surface area contributed by atoms with Crippen LogP contribution in [0.1, 0.15) is 26.2 Å². The van der Waals surface area contributed by atoms with Crippen molar-refractivity contribution >= 4 is 0 Å². The van der Waals surface area contributed by atoms with Gasteiger partial charge in [-0.05, 0) is 25.8 Å². The van der Waals surface area contributed by atoms with Gasteiger partial charge in [-0.2, -0.15) is 0 Å². The van der Waals surface area contributed by atoms with E-state index in [0.29, 0.717) is 24.1 Å². The summed E-state index contributed by atoms with van der Waals surface area (Å²) < 4.78 is 11.1. The van der Waals surface area contributed by atoms with Crippen LogP contribution in [0.4, 0.5) is 0 Å². The van der Waals surface area contributed by atoms with Crippen LogP contribution in [0.2, 0.25) is 0 Å². The number of rotatable bonds is 6. The first-order valence-corrected chi connectivity index (χ1v) is 6.92. The normalized spacial score (nSPS) is 37.8. The third-order valence-corrected chi connectivity index (χ3v) is 4.06. The molecule has 4 atom stereocenters. The number of hydrogen-bond acceptors (Lipinski definition) is 4. The van der Waals surface area contributed by atoms with Gasteiger partial charge in [0.15, 0.2) is 0 Å². The number of ether oxygens (including phenoxy) is 2. The Morgan fingerprint density at radius 2 is 2.06 bits per heavy atom. The van der Waals surface area contributed by atoms with Gasteiger partial charge in [-0.25, -0.2) is 0 Å². The van der Waals surface area contributed by atoms with Crippen LogP contribution in [0.3, 0.4) is 0 Å². The third-order valence-electron chi connectivity index (χ3n) is 4.06. The summed E-state index contributed by atoms with van der Waals surface area (Å²) in [6, 6.07) is 1.07. The molecule has 0 bridgehead atoms. The van der Waals surface area contributed by atoms with Gasteiger partial charge in [-0.1, -0.05) is 6.92 Å². The minimum atomic E-state index is 0.412. The fourth-order valence-electron chi connectivity index (χ4n) is 3.03. The molecule has 2 aliphatic rings. The number of hydrogen-bond donors (Lipinski definition) is 2. The van der Waals surface area contributed by atoms with Crippen molar-refractivity contribution in [2.75, 3.05) is 33.4 Å². The molecule has 0 aromatic carbocycles. The maximum Gasteiger partial charge on any atom is 0.0724 e. The number of likely N-dealkylation sites (N-methyl/N-ethyl adjacent to an activating group) is 1. The lowest BCUT2D eigenvalue weighted by Crippen LogP contribution is -2.45. The molecular formula is C13H26N2O2. The predicted molar refractivity (Wildman–Crippen MR) is 68.2 cm³/mol. The van der Waals surface area contributed by atoms with E-state index in [1.54, 1.807) is 0 Å². The van der Waals surface area contributed by atoms with E-state index < -0.39 is 0 Å². The number of nitrogens with one attached hydrogen (secondary N) is 2. The van der Waals surface area contributed by atoms with E-state index in [2.05, 4.69) is 17.6 Å². The monoisotopic (exact) mass is 242 g/mol. The van der Waals surface area contributed by atoms with Gasteiger partial charge in [-0.3, -0.25) is 0 Å². The van der Waals surface area contributed by atoms with Gasteiger partial charge in [0.1, 0.15) is 0 Å². The first-order chi connectivity index (χ1) is 8.35. The summed E-state index contributed by atoms with van der Waals surface area (Å²) in [6.45, 7) is 5.96. The highest BCUT2D eigenvalue weighted by Crippen LogP contribution is 2.22. The van der Waals surface area contributed by atoms with Crippen molar-refractivity contribution in [2.24, 2.45) is 5.92 Å². The van der Waals surface area contributed by atoms with Crippen molar-refractivity contribution in [3.05, 3.63) is 0 Å². The zero-order chi connectivity index (χ0) is 12.1. The minimum Gasteiger partial charge on any atom is -0.380 e. The molecule has 0 radical (unpaired) electrons. The van der Waals surface area contributed by atoms with E-state index in [0.717, 1.165) is 26.3 Å². The molecule has 1 aliphatic carbocycles. The van der Waals surface area contributed by atoms with E-state index in [1.807, 2.05) is 7.11 Å². The van der Waals surface area contributed by atoms with Crippen LogP contribution < -0.4 is 10.6 Å². The van der Waals surface area contributed by atoms with Crippen LogP contribution in [-0.4, -0.2) is 51.6 Å². The SMILES string of the molecule is CCNC1COCC1CNC1CCCC1OC. The Labute approximate surface area is 104 Å². The molecule has 17 heavy (non-hydrogen) atoms. The van der Waals surface area contributed by atoms with Gasteiger partial charge in [-0.15, -0.1) is 0 Å². The minimum absolute atomic E-state index is 0.412. The van der Waals surface area contributed by atoms with Crippen molar-refractivity contribution in [3.63, 3.8) is 0 Å². The Bertz CT molecular complexity index is 225. The molecule has 0 aromatic heterocycles. The first kappa shape index (κ1) is 13.3. The predicted octanol–water partition coefficient (Wildman–Crippen LogP) is 0.768. The third kappa shape index (κ3) is 3.41. The Morgan fingerprint density at radius 1 is 1.18 bits per heavy atom. The molecule has 4 nitrogen and oxygen atoms in total. The van der Waals surface area contributed by atoms with E-state index in [-0.39, 0.29) is 0 Å². The molecule has 2 fully saturated rings. The average Bonchev–Trinajstić information content (AvgIpc) is 2.95. The van der Waals surface area contributed by atoms with Gasteiger partial charge in [0.2, 0.25) is 0 Å². The first-order valence-electron chi connectivity index (χ1n) is 6.92. The van der Waals surface area contributed by atoms with Crippen LogP contribution >= 0.6 is 0 Å². The van der Waals surface area contributed by atoms with Gasteiger partial charge in [0.05, 0.1) is 19.3 Å². The molecule has 1 saturated heterocycles. The van der Waals surface area contributed by atoms with Crippen molar-refractivity contribution in [3.8, 4) is 0 Å². The number of methoxy groups -OCH3 is 1. The van der Waals surface area contributed by atoms with Gasteiger partial charge < -0.3 is 20.1 Å². The Balaban J connectivity index is 1.73. The molecule has 4 unspecified atom stereocenters. The Hall–Kier alpha value is -0.160. The van der Waals surface area contributed by atoms with E-state index in [1.165, 1.54) is 19.3 Å². The zero-order valence-electron chi connectivity index (χ0n) is 11.1. The highest BCUT2D eigenvalue weighted by molar-refractivity contribution is 4.88. The van der Waals surface area contributed by atoms with E-state index in [9.17, 15) is 0 Å². The average molecular weight is 242 g/mol. The Morgan fingerprint density at radius 3 is 2.82 bits per heavy atom. The summed E-state index contributed by atoms with van der Waals surface area (Å²) in [7, 11) is 1.82. The highest BCUT2D eigenvalue weighted by Gasteiger charge is 2.31. The maximum atomic E-state index is 5.56. The van der Waals surface area contributed by atoms with Crippen LogP contribution in [0.15, 0.2) is 0 Å². The van der Waals surface area contributed by atoms with Gasteiger partial charge in [0.25, 0.3) is 0 Å². The molecule has 0 spiro atoms. The topological polar surface area (TPSA) is 42.5 Å². The smallest absolute Gasteiger partial charge is 0.0724 e. The lowest BCUT2D eigenvalue weighted by molar-refractivity contribution is 0.0831. The van der Waals surface area contributed by atoms with E-state index >= 15 is 0 Å². The van der Waals surface area contributed by atoms with Crippen LogP contribution in [0.25, 0.3) is 0 Å². The zero-order valence-corrected chi connectivity index (χ0v) is 11.1. The van der Waals surface area contributed by atoms with Crippen molar-refractivity contribution in [1.29, 1.82) is 0 Å². The molecule has 1 saturated carbocycles. The van der Waals surface area contributed by atoms with Crippen molar-refractivity contribution in [2.45, 2.75) is 44.4 Å². The fraction of sp³-hybridized carbons (Fsp3) is 1.00. The largest absolute Gasteiger partial charge is 0.380 e. The van der Waals surface area contributed by atoms with Crippen LogP contribution in [-0.2, 0) is 9.47 Å². The molecule has 1 aliphatic heterocycles. The summed E-state index contributed by atoms with van der Waals surface area (Å²) in [5, 5.41) is 7.17. The summed E-state index contributed by atoms with van der Waals surface area (Å²) in [4.78, 5) is 0.